The molecule has 2 aromatic heterocycles. The number of hydrogen-bond donors (Lipinski definition) is 0. The van der Waals surface area contributed by atoms with E-state index in [1.807, 2.05) is 12.1 Å². The molecule has 0 saturated carbocycles. The monoisotopic (exact) mass is 360 g/mol. The van der Waals surface area contributed by atoms with E-state index in [9.17, 15) is 4.79 Å². The maximum Gasteiger partial charge on any atom is 0.262 e. The number of fused-ring (bicyclic) bond motifs is 4. The molecule has 2 heterocycles. The molecule has 1 aliphatic rings. The Morgan fingerprint density at radius 1 is 1.19 bits per heavy atom. The predicted molar refractivity (Wildman–Crippen MR) is 108 cm³/mol. The van der Waals surface area contributed by atoms with E-state index in [0.29, 0.717) is 12.5 Å². The Morgan fingerprint density at radius 3 is 2.96 bits per heavy atom. The van der Waals surface area contributed by atoms with E-state index in [1.165, 1.54) is 21.2 Å². The Kier molecular flexibility index (Phi) is 3.68. The average molecular weight is 360 g/mol. The summed E-state index contributed by atoms with van der Waals surface area (Å²) >= 11 is 1.71. The maximum absolute atomic E-state index is 13.2. The van der Waals surface area contributed by atoms with Gasteiger partial charge in [0.05, 0.1) is 18.3 Å². The van der Waals surface area contributed by atoms with Gasteiger partial charge in [-0.3, -0.25) is 9.36 Å². The predicted octanol–water partition coefficient (Wildman–Crippen LogP) is 4.78. The molecule has 0 aliphatic heterocycles. The zero-order valence-corrected chi connectivity index (χ0v) is 15.6. The van der Waals surface area contributed by atoms with Crippen LogP contribution in [0.25, 0.3) is 21.0 Å². The highest BCUT2D eigenvalue weighted by atomic mass is 32.1. The second-order valence-electron chi connectivity index (χ2n) is 7.35. The van der Waals surface area contributed by atoms with Gasteiger partial charge in [-0.25, -0.2) is 4.98 Å². The van der Waals surface area contributed by atoms with E-state index in [1.54, 1.807) is 22.2 Å². The number of aryl methyl sites for hydroxylation is 1. The molecule has 4 aromatic rings. The topological polar surface area (TPSA) is 34.9 Å². The number of benzene rings is 2. The fraction of sp³-hybridized carbons (Fsp3) is 0.273. The molecule has 3 nitrogen and oxygen atoms in total. The minimum atomic E-state index is 0.106. The van der Waals surface area contributed by atoms with Gasteiger partial charge >= 0.3 is 0 Å². The van der Waals surface area contributed by atoms with E-state index in [4.69, 9.17) is 0 Å². The summed E-state index contributed by atoms with van der Waals surface area (Å²) in [6.07, 6.45) is 4.97. The van der Waals surface area contributed by atoms with Gasteiger partial charge in [-0.15, -0.1) is 11.3 Å². The molecule has 0 unspecified atom stereocenters. The Balaban J connectivity index is 1.64. The minimum Gasteiger partial charge on any atom is -0.294 e. The lowest BCUT2D eigenvalue weighted by atomic mass is 9.89. The molecular weight excluding hydrogens is 340 g/mol. The largest absolute Gasteiger partial charge is 0.294 e. The molecule has 0 fully saturated rings. The van der Waals surface area contributed by atoms with Crippen LogP contribution in [0.3, 0.4) is 0 Å². The lowest BCUT2D eigenvalue weighted by molar-refractivity contribution is 0.509. The highest BCUT2D eigenvalue weighted by Gasteiger charge is 2.23. The summed E-state index contributed by atoms with van der Waals surface area (Å²) in [5.41, 5.74) is 2.52. The minimum absolute atomic E-state index is 0.106. The van der Waals surface area contributed by atoms with Crippen molar-refractivity contribution < 1.29 is 0 Å². The second-order valence-corrected chi connectivity index (χ2v) is 8.43. The van der Waals surface area contributed by atoms with E-state index in [2.05, 4.69) is 42.2 Å². The van der Waals surface area contributed by atoms with E-state index in [-0.39, 0.29) is 5.56 Å². The molecule has 0 N–H and O–H groups in total. The van der Waals surface area contributed by atoms with Gasteiger partial charge in [-0.1, -0.05) is 49.4 Å². The molecule has 1 atom stereocenters. The summed E-state index contributed by atoms with van der Waals surface area (Å²) in [4.78, 5) is 20.1. The van der Waals surface area contributed by atoms with Crippen molar-refractivity contribution in [2.75, 3.05) is 0 Å². The summed E-state index contributed by atoms with van der Waals surface area (Å²) in [6, 6.07) is 14.6. The molecule has 0 spiro atoms. The fourth-order valence-corrected chi connectivity index (χ4v) is 5.43. The highest BCUT2D eigenvalue weighted by molar-refractivity contribution is 7.18. The first kappa shape index (κ1) is 15.8. The molecule has 130 valence electrons. The summed E-state index contributed by atoms with van der Waals surface area (Å²) in [6.45, 7) is 2.85. The van der Waals surface area contributed by atoms with Crippen LogP contribution in [0.15, 0.2) is 53.6 Å². The zero-order chi connectivity index (χ0) is 17.7. The fourth-order valence-electron chi connectivity index (χ4n) is 4.09. The van der Waals surface area contributed by atoms with Gasteiger partial charge in [0, 0.05) is 4.88 Å². The summed E-state index contributed by atoms with van der Waals surface area (Å²) in [5.74, 6) is 0.702. The molecule has 0 bridgehead atoms. The molecule has 1 aliphatic carbocycles. The van der Waals surface area contributed by atoms with Crippen LogP contribution in [0.2, 0.25) is 0 Å². The standard InChI is InChI=1S/C22H20N2OS/c1-14-9-10-18-19(11-14)26-21-20(18)22(25)24(13-23-21)12-16-7-4-6-15-5-2-3-8-17(15)16/h2-8,13-14H,9-12H2,1H3/t14-/m1/s1. The van der Waals surface area contributed by atoms with Crippen molar-refractivity contribution in [3.63, 3.8) is 0 Å². The molecule has 0 radical (unpaired) electrons. The van der Waals surface area contributed by atoms with Crippen LogP contribution in [-0.4, -0.2) is 9.55 Å². The zero-order valence-electron chi connectivity index (χ0n) is 14.7. The van der Waals surface area contributed by atoms with Gasteiger partial charge in [-0.2, -0.15) is 0 Å². The quantitative estimate of drug-likeness (QED) is 0.515. The Morgan fingerprint density at radius 2 is 2.04 bits per heavy atom. The molecule has 2 aromatic carbocycles. The Bertz CT molecular complexity index is 1180. The first-order valence-electron chi connectivity index (χ1n) is 9.17. The third-order valence-corrected chi connectivity index (χ3v) is 6.67. The van der Waals surface area contributed by atoms with E-state index in [0.717, 1.165) is 35.0 Å². The summed E-state index contributed by atoms with van der Waals surface area (Å²) < 4.78 is 1.77. The van der Waals surface area contributed by atoms with Crippen molar-refractivity contribution in [1.29, 1.82) is 0 Å². The van der Waals surface area contributed by atoms with Crippen LogP contribution in [0, 0.1) is 5.92 Å². The van der Waals surface area contributed by atoms with Crippen molar-refractivity contribution in [2.24, 2.45) is 5.92 Å². The van der Waals surface area contributed by atoms with Crippen molar-refractivity contribution >= 4 is 32.3 Å². The third kappa shape index (κ3) is 2.48. The lowest BCUT2D eigenvalue weighted by Crippen LogP contribution is -2.22. The van der Waals surface area contributed by atoms with Crippen molar-refractivity contribution in [1.82, 2.24) is 9.55 Å². The number of rotatable bonds is 2. The second kappa shape index (κ2) is 6.06. The smallest absolute Gasteiger partial charge is 0.262 e. The van der Waals surface area contributed by atoms with Crippen molar-refractivity contribution in [2.45, 2.75) is 32.7 Å². The van der Waals surface area contributed by atoms with Crippen molar-refractivity contribution in [3.8, 4) is 0 Å². The number of nitrogens with zero attached hydrogens (tertiary/aromatic N) is 2. The normalized spacial score (nSPS) is 16.9. The first-order valence-corrected chi connectivity index (χ1v) is 9.98. The average Bonchev–Trinajstić information content (AvgIpc) is 3.02. The van der Waals surface area contributed by atoms with Gasteiger partial charge in [-0.05, 0) is 47.1 Å². The van der Waals surface area contributed by atoms with Gasteiger partial charge in [0.25, 0.3) is 5.56 Å². The maximum atomic E-state index is 13.2. The molecular formula is C22H20N2OS. The summed E-state index contributed by atoms with van der Waals surface area (Å²) in [7, 11) is 0. The van der Waals surface area contributed by atoms with Crippen LogP contribution in [-0.2, 0) is 19.4 Å². The summed E-state index contributed by atoms with van der Waals surface area (Å²) in [5, 5.41) is 3.26. The van der Waals surface area contributed by atoms with Crippen LogP contribution in [0.5, 0.6) is 0 Å². The molecule has 4 heteroatoms. The SMILES string of the molecule is C[C@@H]1CCc2c(sc3ncn(Cc4cccc5ccccc45)c(=O)c23)C1. The molecule has 0 saturated heterocycles. The highest BCUT2D eigenvalue weighted by Crippen LogP contribution is 2.35. The van der Waals surface area contributed by atoms with Gasteiger partial charge in [0.15, 0.2) is 0 Å². The number of hydrogen-bond acceptors (Lipinski definition) is 3. The number of aromatic nitrogens is 2. The van der Waals surface area contributed by atoms with Crippen LogP contribution >= 0.6 is 11.3 Å². The van der Waals surface area contributed by atoms with Crippen LogP contribution in [0.4, 0.5) is 0 Å². The van der Waals surface area contributed by atoms with Gasteiger partial charge < -0.3 is 0 Å². The number of thiophene rings is 1. The van der Waals surface area contributed by atoms with Crippen LogP contribution in [0.1, 0.15) is 29.3 Å². The lowest BCUT2D eigenvalue weighted by Gasteiger charge is -2.17. The molecule has 26 heavy (non-hydrogen) atoms. The first-order chi connectivity index (χ1) is 12.7. The van der Waals surface area contributed by atoms with E-state index >= 15 is 0 Å². The Hall–Kier alpha value is -2.46. The van der Waals surface area contributed by atoms with Crippen LogP contribution < -0.4 is 5.56 Å². The Labute approximate surface area is 155 Å². The molecule has 0 amide bonds. The third-order valence-electron chi connectivity index (χ3n) is 5.50. The van der Waals surface area contributed by atoms with Gasteiger partial charge in [0.2, 0.25) is 0 Å². The van der Waals surface area contributed by atoms with Gasteiger partial charge in [0.1, 0.15) is 4.83 Å². The molecule has 5 rings (SSSR count). The van der Waals surface area contributed by atoms with Crippen molar-refractivity contribution in [3.05, 3.63) is 75.1 Å². The van der Waals surface area contributed by atoms with E-state index < -0.39 is 0 Å².